The average molecular weight is 406 g/mol. The minimum Gasteiger partial charge on any atom is -0.465 e. The molecule has 2 amide bonds. The predicted octanol–water partition coefficient (Wildman–Crippen LogP) is 2.02. The van der Waals surface area contributed by atoms with Gasteiger partial charge in [-0.2, -0.15) is 0 Å². The fraction of sp³-hybridized carbons (Fsp3) is 0.600. The third kappa shape index (κ3) is 6.19. The van der Waals surface area contributed by atoms with Gasteiger partial charge in [-0.05, 0) is 46.1 Å². The highest BCUT2D eigenvalue weighted by molar-refractivity contribution is 6.48. The molecular weight excluding hydrogens is 375 g/mol. The molecule has 3 N–H and O–H groups in total. The van der Waals surface area contributed by atoms with E-state index in [1.54, 1.807) is 0 Å². The second-order valence-electron chi connectivity index (χ2n) is 8.22. The first-order chi connectivity index (χ1) is 13.6. The van der Waals surface area contributed by atoms with E-state index in [-0.39, 0.29) is 6.61 Å². The first-order valence-electron chi connectivity index (χ1n) is 9.74. The third-order valence-electron chi connectivity index (χ3n) is 5.46. The number of aryl methyl sites for hydroxylation is 1. The molecule has 8 nitrogen and oxygen atoms in total. The molecule has 0 aromatic heterocycles. The SMILES string of the molecule is COC[C@@H](NC(=O)O)C(=O)N[C@@H](CCc1ccccc1)B1OC(C)(C)C(C)(C)O1. The van der Waals surface area contributed by atoms with Gasteiger partial charge in [-0.3, -0.25) is 4.79 Å². The van der Waals surface area contributed by atoms with Crippen molar-refractivity contribution in [1.29, 1.82) is 0 Å². The summed E-state index contributed by atoms with van der Waals surface area (Å²) in [6.07, 6.45) is -0.0186. The number of hydrogen-bond donors (Lipinski definition) is 3. The first-order valence-corrected chi connectivity index (χ1v) is 9.74. The minimum absolute atomic E-state index is 0.0765. The maximum absolute atomic E-state index is 12.7. The monoisotopic (exact) mass is 406 g/mol. The summed E-state index contributed by atoms with van der Waals surface area (Å²) in [7, 11) is 0.756. The Morgan fingerprint density at radius 1 is 1.10 bits per heavy atom. The van der Waals surface area contributed by atoms with Crippen LogP contribution in [0.25, 0.3) is 0 Å². The molecule has 1 aliphatic heterocycles. The lowest BCUT2D eigenvalue weighted by atomic mass is 9.75. The normalized spacial score (nSPS) is 19.4. The lowest BCUT2D eigenvalue weighted by molar-refractivity contribution is -0.124. The molecule has 1 fully saturated rings. The van der Waals surface area contributed by atoms with Crippen molar-refractivity contribution in [2.75, 3.05) is 13.7 Å². The molecule has 2 rings (SSSR count). The second-order valence-corrected chi connectivity index (χ2v) is 8.22. The van der Waals surface area contributed by atoms with Gasteiger partial charge in [0.25, 0.3) is 0 Å². The molecule has 1 heterocycles. The van der Waals surface area contributed by atoms with Gasteiger partial charge in [-0.1, -0.05) is 30.3 Å². The van der Waals surface area contributed by atoms with Crippen LogP contribution in [0.2, 0.25) is 0 Å². The van der Waals surface area contributed by atoms with Crippen molar-refractivity contribution >= 4 is 19.1 Å². The van der Waals surface area contributed by atoms with E-state index in [4.69, 9.17) is 19.2 Å². The molecule has 1 aromatic rings. The molecule has 29 heavy (non-hydrogen) atoms. The van der Waals surface area contributed by atoms with Crippen LogP contribution in [0, 0.1) is 0 Å². The summed E-state index contributed by atoms with van der Waals surface area (Å²) in [6.45, 7) is 7.71. The van der Waals surface area contributed by atoms with Crippen molar-refractivity contribution in [1.82, 2.24) is 10.6 Å². The molecule has 0 aliphatic carbocycles. The number of ether oxygens (including phenoxy) is 1. The summed E-state index contributed by atoms with van der Waals surface area (Å²) in [6, 6.07) is 8.88. The van der Waals surface area contributed by atoms with Crippen molar-refractivity contribution in [3.8, 4) is 0 Å². The van der Waals surface area contributed by atoms with Crippen LogP contribution in [0.4, 0.5) is 4.79 Å². The zero-order chi connectivity index (χ0) is 21.7. The lowest BCUT2D eigenvalue weighted by Gasteiger charge is -2.32. The zero-order valence-corrected chi connectivity index (χ0v) is 17.7. The van der Waals surface area contributed by atoms with Crippen molar-refractivity contribution in [2.24, 2.45) is 0 Å². The van der Waals surface area contributed by atoms with Gasteiger partial charge < -0.3 is 29.8 Å². The molecule has 1 aromatic carbocycles. The summed E-state index contributed by atoms with van der Waals surface area (Å²) in [5, 5.41) is 14.1. The molecule has 160 valence electrons. The summed E-state index contributed by atoms with van der Waals surface area (Å²) in [4.78, 5) is 23.8. The molecule has 0 saturated carbocycles. The van der Waals surface area contributed by atoms with Crippen LogP contribution in [0.15, 0.2) is 30.3 Å². The smallest absolute Gasteiger partial charge is 0.465 e. The van der Waals surface area contributed by atoms with Crippen LogP contribution < -0.4 is 10.6 Å². The Balaban J connectivity index is 2.15. The number of carbonyl (C=O) groups excluding carboxylic acids is 1. The molecule has 1 saturated heterocycles. The standard InChI is InChI=1S/C20H31BN2O6/c1-19(2)20(3,4)29-21(28-19)16(12-11-14-9-7-6-8-10-14)23-17(24)15(13-27-5)22-18(25)26/h6-10,15-16,22H,11-13H2,1-5H3,(H,23,24)(H,25,26)/t15-,16+/m1/s1. The summed E-state index contributed by atoms with van der Waals surface area (Å²) in [5.41, 5.74) is 0.0393. The average Bonchev–Trinajstić information content (AvgIpc) is 2.86. The van der Waals surface area contributed by atoms with E-state index < -0.39 is 42.3 Å². The van der Waals surface area contributed by atoms with E-state index in [1.807, 2.05) is 58.0 Å². The van der Waals surface area contributed by atoms with E-state index in [9.17, 15) is 9.59 Å². The maximum Gasteiger partial charge on any atom is 0.481 e. The summed E-state index contributed by atoms with van der Waals surface area (Å²) >= 11 is 0. The number of methoxy groups -OCH3 is 1. The molecular formula is C20H31BN2O6. The first kappa shape index (κ1) is 23.2. The van der Waals surface area contributed by atoms with Gasteiger partial charge in [0.05, 0.1) is 23.8 Å². The fourth-order valence-electron chi connectivity index (χ4n) is 3.08. The fourth-order valence-corrected chi connectivity index (χ4v) is 3.08. The van der Waals surface area contributed by atoms with Gasteiger partial charge in [0, 0.05) is 7.11 Å². The van der Waals surface area contributed by atoms with Crippen LogP contribution in [0.3, 0.4) is 0 Å². The molecule has 2 atom stereocenters. The summed E-state index contributed by atoms with van der Waals surface area (Å²) in [5.74, 6) is -0.944. The number of hydrogen-bond acceptors (Lipinski definition) is 5. The van der Waals surface area contributed by atoms with Crippen LogP contribution in [0.5, 0.6) is 0 Å². The largest absolute Gasteiger partial charge is 0.481 e. The van der Waals surface area contributed by atoms with Crippen molar-refractivity contribution < 1.29 is 28.7 Å². The second kappa shape index (κ2) is 9.60. The number of benzene rings is 1. The van der Waals surface area contributed by atoms with Crippen molar-refractivity contribution in [2.45, 2.75) is 63.7 Å². The highest BCUT2D eigenvalue weighted by Crippen LogP contribution is 2.38. The lowest BCUT2D eigenvalue weighted by Crippen LogP contribution is -2.55. The molecule has 0 spiro atoms. The Morgan fingerprint density at radius 3 is 2.21 bits per heavy atom. The van der Waals surface area contributed by atoms with E-state index >= 15 is 0 Å². The van der Waals surface area contributed by atoms with Gasteiger partial charge in [0.1, 0.15) is 6.04 Å². The Morgan fingerprint density at radius 2 is 1.69 bits per heavy atom. The maximum atomic E-state index is 12.7. The number of carboxylic acid groups (broad SMARTS) is 1. The minimum atomic E-state index is -1.29. The Hall–Kier alpha value is -2.10. The Kier molecular flexibility index (Phi) is 7.68. The highest BCUT2D eigenvalue weighted by Gasteiger charge is 2.54. The number of amides is 2. The van der Waals surface area contributed by atoms with Crippen LogP contribution >= 0.6 is 0 Å². The number of nitrogens with one attached hydrogen (secondary N) is 2. The van der Waals surface area contributed by atoms with E-state index in [0.717, 1.165) is 5.56 Å². The van der Waals surface area contributed by atoms with Gasteiger partial charge in [0.2, 0.25) is 5.91 Å². The van der Waals surface area contributed by atoms with Crippen molar-refractivity contribution in [3.63, 3.8) is 0 Å². The molecule has 0 bridgehead atoms. The predicted molar refractivity (Wildman–Crippen MR) is 110 cm³/mol. The van der Waals surface area contributed by atoms with Gasteiger partial charge in [0.15, 0.2) is 0 Å². The zero-order valence-electron chi connectivity index (χ0n) is 17.7. The summed E-state index contributed by atoms with van der Waals surface area (Å²) < 4.78 is 17.2. The topological polar surface area (TPSA) is 106 Å². The van der Waals surface area contributed by atoms with Crippen LogP contribution in [-0.4, -0.2) is 61.1 Å². The van der Waals surface area contributed by atoms with Gasteiger partial charge in [-0.25, -0.2) is 4.79 Å². The van der Waals surface area contributed by atoms with Gasteiger partial charge >= 0.3 is 13.2 Å². The highest BCUT2D eigenvalue weighted by atomic mass is 16.7. The third-order valence-corrected chi connectivity index (χ3v) is 5.46. The van der Waals surface area contributed by atoms with Gasteiger partial charge in [-0.15, -0.1) is 0 Å². The molecule has 0 unspecified atom stereocenters. The molecule has 9 heteroatoms. The Labute approximate surface area is 172 Å². The van der Waals surface area contributed by atoms with E-state index in [0.29, 0.717) is 12.8 Å². The quantitative estimate of drug-likeness (QED) is 0.542. The molecule has 0 radical (unpaired) electrons. The Bertz CT molecular complexity index is 681. The van der Waals surface area contributed by atoms with E-state index in [1.165, 1.54) is 7.11 Å². The van der Waals surface area contributed by atoms with Crippen molar-refractivity contribution in [3.05, 3.63) is 35.9 Å². The molecule has 1 aliphatic rings. The van der Waals surface area contributed by atoms with E-state index in [2.05, 4.69) is 10.6 Å². The van der Waals surface area contributed by atoms with Crippen LogP contribution in [0.1, 0.15) is 39.7 Å². The van der Waals surface area contributed by atoms with Crippen LogP contribution in [-0.2, 0) is 25.3 Å². The number of rotatable bonds is 9. The number of carbonyl (C=O) groups is 2.